The van der Waals surface area contributed by atoms with Gasteiger partial charge in [-0.2, -0.15) is 0 Å². The van der Waals surface area contributed by atoms with Crippen LogP contribution in [0.5, 0.6) is 0 Å². The first-order valence-corrected chi connectivity index (χ1v) is 8.25. The normalized spacial score (nSPS) is 16.1. The van der Waals surface area contributed by atoms with Gasteiger partial charge in [-0.1, -0.05) is 12.1 Å². The number of aromatic amines is 1. The van der Waals surface area contributed by atoms with Crippen molar-refractivity contribution in [2.24, 2.45) is 5.92 Å². The van der Waals surface area contributed by atoms with Crippen molar-refractivity contribution in [3.05, 3.63) is 63.8 Å². The molecule has 1 N–H and O–H groups in total. The van der Waals surface area contributed by atoms with Crippen LogP contribution in [0.25, 0.3) is 0 Å². The van der Waals surface area contributed by atoms with Crippen LogP contribution < -0.4 is 5.56 Å². The van der Waals surface area contributed by atoms with E-state index in [0.717, 1.165) is 6.07 Å². The summed E-state index contributed by atoms with van der Waals surface area (Å²) in [6.07, 6.45) is 4.22. The molecule has 2 aromatic rings. The molecule has 7 heteroatoms. The highest BCUT2D eigenvalue weighted by atomic mass is 19.2. The lowest BCUT2D eigenvalue weighted by molar-refractivity contribution is -0.123. The molecule has 0 amide bonds. The molecule has 1 saturated heterocycles. The number of hydrogen-bond acceptors (Lipinski definition) is 4. The Morgan fingerprint density at radius 3 is 2.76 bits per heavy atom. The van der Waals surface area contributed by atoms with Gasteiger partial charge in [0.15, 0.2) is 11.6 Å². The Morgan fingerprint density at radius 2 is 2.04 bits per heavy atom. The van der Waals surface area contributed by atoms with E-state index in [2.05, 4.69) is 14.9 Å². The molecule has 1 aromatic heterocycles. The molecule has 5 nitrogen and oxygen atoms in total. The number of ketones is 1. The number of hydrogen-bond donors (Lipinski definition) is 1. The minimum Gasteiger partial charge on any atom is -0.326 e. The number of nitrogens with one attached hydrogen (secondary N) is 1. The third-order valence-corrected chi connectivity index (χ3v) is 4.59. The van der Waals surface area contributed by atoms with Gasteiger partial charge >= 0.3 is 0 Å². The first-order chi connectivity index (χ1) is 12.0. The number of benzene rings is 1. The first-order valence-electron chi connectivity index (χ1n) is 8.25. The number of aromatic nitrogens is 2. The summed E-state index contributed by atoms with van der Waals surface area (Å²) in [6, 6.07) is 3.90. The second kappa shape index (κ2) is 7.65. The van der Waals surface area contributed by atoms with E-state index < -0.39 is 11.6 Å². The van der Waals surface area contributed by atoms with Crippen molar-refractivity contribution in [1.29, 1.82) is 0 Å². The van der Waals surface area contributed by atoms with Gasteiger partial charge in [0.25, 0.3) is 5.56 Å². The minimum atomic E-state index is -0.942. The summed E-state index contributed by atoms with van der Waals surface area (Å²) in [6.45, 7) is 1.77. The van der Waals surface area contributed by atoms with E-state index in [0.29, 0.717) is 38.2 Å². The SMILES string of the molecule is O=C(Cc1cccc(F)c1F)C1CCN(Cc2ncc[nH]c2=O)CC1. The highest BCUT2D eigenvalue weighted by Crippen LogP contribution is 2.22. The Morgan fingerprint density at radius 1 is 1.28 bits per heavy atom. The van der Waals surface area contributed by atoms with Crippen LogP contribution in [0.15, 0.2) is 35.4 Å². The molecule has 1 fully saturated rings. The molecule has 1 aliphatic heterocycles. The fourth-order valence-electron chi connectivity index (χ4n) is 3.14. The molecule has 1 aromatic carbocycles. The molecule has 0 spiro atoms. The van der Waals surface area contributed by atoms with Crippen LogP contribution in [-0.4, -0.2) is 33.7 Å². The van der Waals surface area contributed by atoms with Gasteiger partial charge in [-0.05, 0) is 37.6 Å². The van der Waals surface area contributed by atoms with E-state index in [-0.39, 0.29) is 29.2 Å². The minimum absolute atomic E-state index is 0.0696. The van der Waals surface area contributed by atoms with Gasteiger partial charge in [0.1, 0.15) is 11.5 Å². The number of halogens is 2. The maximum atomic E-state index is 13.7. The summed E-state index contributed by atoms with van der Waals surface area (Å²) in [5.74, 6) is -2.11. The van der Waals surface area contributed by atoms with E-state index in [1.807, 2.05) is 0 Å². The van der Waals surface area contributed by atoms with E-state index in [4.69, 9.17) is 0 Å². The lowest BCUT2D eigenvalue weighted by Crippen LogP contribution is -2.37. The summed E-state index contributed by atoms with van der Waals surface area (Å²) < 4.78 is 26.9. The summed E-state index contributed by atoms with van der Waals surface area (Å²) >= 11 is 0. The fourth-order valence-corrected chi connectivity index (χ4v) is 3.14. The van der Waals surface area contributed by atoms with E-state index in [1.165, 1.54) is 18.3 Å². The van der Waals surface area contributed by atoms with E-state index in [9.17, 15) is 18.4 Å². The van der Waals surface area contributed by atoms with Crippen molar-refractivity contribution in [1.82, 2.24) is 14.9 Å². The molecule has 0 unspecified atom stereocenters. The molecule has 0 aliphatic carbocycles. The molecule has 0 saturated carbocycles. The highest BCUT2D eigenvalue weighted by molar-refractivity contribution is 5.83. The molecule has 0 radical (unpaired) electrons. The zero-order valence-corrected chi connectivity index (χ0v) is 13.7. The van der Waals surface area contributed by atoms with Gasteiger partial charge < -0.3 is 4.98 Å². The Bertz CT molecular complexity index is 814. The predicted octanol–water partition coefficient (Wildman–Crippen LogP) is 2.07. The average Bonchev–Trinajstić information content (AvgIpc) is 2.61. The maximum absolute atomic E-state index is 13.7. The number of likely N-dealkylation sites (tertiary alicyclic amines) is 1. The van der Waals surface area contributed by atoms with E-state index >= 15 is 0 Å². The Kier molecular flexibility index (Phi) is 5.33. The van der Waals surface area contributed by atoms with Crippen LogP contribution >= 0.6 is 0 Å². The third-order valence-electron chi connectivity index (χ3n) is 4.59. The van der Waals surface area contributed by atoms with Gasteiger partial charge in [-0.15, -0.1) is 0 Å². The Hall–Kier alpha value is -2.41. The van der Waals surface area contributed by atoms with Crippen LogP contribution in [-0.2, 0) is 17.8 Å². The lowest BCUT2D eigenvalue weighted by atomic mass is 9.89. The van der Waals surface area contributed by atoms with Crippen LogP contribution in [0.3, 0.4) is 0 Å². The average molecular weight is 347 g/mol. The third kappa shape index (κ3) is 4.17. The van der Waals surface area contributed by atoms with Crippen molar-refractivity contribution in [3.63, 3.8) is 0 Å². The van der Waals surface area contributed by atoms with Crippen molar-refractivity contribution >= 4 is 5.78 Å². The quantitative estimate of drug-likeness (QED) is 0.899. The summed E-state index contributed by atoms with van der Waals surface area (Å²) in [5, 5.41) is 0. The van der Waals surface area contributed by atoms with Crippen molar-refractivity contribution in [3.8, 4) is 0 Å². The molecule has 132 valence electrons. The highest BCUT2D eigenvalue weighted by Gasteiger charge is 2.26. The van der Waals surface area contributed by atoms with Crippen molar-refractivity contribution in [2.45, 2.75) is 25.8 Å². The predicted molar refractivity (Wildman–Crippen MR) is 87.9 cm³/mol. The fraction of sp³-hybridized carbons (Fsp3) is 0.389. The second-order valence-electron chi connectivity index (χ2n) is 6.27. The van der Waals surface area contributed by atoms with Gasteiger partial charge in [0.2, 0.25) is 0 Å². The topological polar surface area (TPSA) is 66.1 Å². The van der Waals surface area contributed by atoms with Crippen LogP contribution in [0.4, 0.5) is 8.78 Å². The smallest absolute Gasteiger partial charge is 0.270 e. The number of carbonyl (C=O) groups excluding carboxylic acids is 1. The van der Waals surface area contributed by atoms with Gasteiger partial charge in [0, 0.05) is 31.3 Å². The molecular weight excluding hydrogens is 328 g/mol. The molecule has 0 atom stereocenters. The summed E-state index contributed by atoms with van der Waals surface area (Å²) in [5.41, 5.74) is 0.351. The van der Waals surface area contributed by atoms with E-state index in [1.54, 1.807) is 6.20 Å². The molecule has 2 heterocycles. The lowest BCUT2D eigenvalue weighted by Gasteiger charge is -2.30. The summed E-state index contributed by atoms with van der Waals surface area (Å²) in [7, 11) is 0. The molecule has 3 rings (SSSR count). The Balaban J connectivity index is 1.55. The van der Waals surface area contributed by atoms with Crippen molar-refractivity contribution < 1.29 is 13.6 Å². The molecule has 0 bridgehead atoms. The number of H-pyrrole nitrogens is 1. The number of piperidine rings is 1. The number of nitrogens with zero attached hydrogens (tertiary/aromatic N) is 2. The van der Waals surface area contributed by atoms with Crippen LogP contribution in [0.1, 0.15) is 24.1 Å². The Labute approximate surface area is 143 Å². The van der Waals surface area contributed by atoms with Gasteiger partial charge in [0.05, 0.1) is 0 Å². The van der Waals surface area contributed by atoms with Crippen molar-refractivity contribution in [2.75, 3.05) is 13.1 Å². The van der Waals surface area contributed by atoms with Gasteiger partial charge in [-0.3, -0.25) is 19.5 Å². The first kappa shape index (κ1) is 17.4. The summed E-state index contributed by atoms with van der Waals surface area (Å²) in [4.78, 5) is 32.8. The molecule has 25 heavy (non-hydrogen) atoms. The number of Topliss-reactive ketones (excluding diaryl/α,β-unsaturated/α-hetero) is 1. The monoisotopic (exact) mass is 347 g/mol. The molecular formula is C18H19F2N3O2. The largest absolute Gasteiger partial charge is 0.326 e. The van der Waals surface area contributed by atoms with Crippen LogP contribution in [0, 0.1) is 17.6 Å². The standard InChI is InChI=1S/C18H19F2N3O2/c19-14-3-1-2-13(17(14)20)10-16(24)12-4-8-23(9-5-12)11-15-18(25)22-7-6-21-15/h1-3,6-7,12H,4-5,8-11H2,(H,22,25). The van der Waals surface area contributed by atoms with Crippen LogP contribution in [0.2, 0.25) is 0 Å². The number of rotatable bonds is 5. The second-order valence-corrected chi connectivity index (χ2v) is 6.27. The van der Waals surface area contributed by atoms with Gasteiger partial charge in [-0.25, -0.2) is 8.78 Å². The number of carbonyl (C=O) groups is 1. The maximum Gasteiger partial charge on any atom is 0.270 e. The zero-order valence-electron chi connectivity index (χ0n) is 13.7. The zero-order chi connectivity index (χ0) is 17.8. The molecule has 1 aliphatic rings.